The van der Waals surface area contributed by atoms with Gasteiger partial charge < -0.3 is 15.7 Å². The predicted molar refractivity (Wildman–Crippen MR) is 140 cm³/mol. The molecule has 1 aliphatic rings. The molecule has 0 saturated heterocycles. The Morgan fingerprint density at radius 3 is 2.53 bits per heavy atom. The first-order valence-corrected chi connectivity index (χ1v) is 12.7. The molecule has 4 aromatic rings. The first-order chi connectivity index (χ1) is 16.5. The molecule has 6 nitrogen and oxygen atoms in total. The molecule has 2 atom stereocenters. The number of hydrogen-bond donors (Lipinski definition) is 3. The Hall–Kier alpha value is -3.03. The lowest BCUT2D eigenvalue weighted by molar-refractivity contribution is 0.229. The second-order valence-corrected chi connectivity index (χ2v) is 10.4. The lowest BCUT2D eigenvalue weighted by atomic mass is 10.1. The molecule has 0 amide bonds. The largest absolute Gasteiger partial charge is 0.396 e. The number of rotatable bonds is 7. The third-order valence-corrected chi connectivity index (χ3v) is 7.52. The van der Waals surface area contributed by atoms with Crippen LogP contribution in [0.3, 0.4) is 0 Å². The van der Waals surface area contributed by atoms with Gasteiger partial charge in [-0.05, 0) is 63.6 Å². The van der Waals surface area contributed by atoms with Gasteiger partial charge >= 0.3 is 0 Å². The van der Waals surface area contributed by atoms with Gasteiger partial charge in [0.2, 0.25) is 5.95 Å². The van der Waals surface area contributed by atoms with Gasteiger partial charge in [0.1, 0.15) is 10.8 Å². The van der Waals surface area contributed by atoms with E-state index < -0.39 is 0 Å². The first-order valence-electron chi connectivity index (χ1n) is 11.9. The highest BCUT2D eigenvalue weighted by molar-refractivity contribution is 7.21. The smallest absolute Gasteiger partial charge is 0.225 e. The normalized spacial score (nSPS) is 17.9. The van der Waals surface area contributed by atoms with Gasteiger partial charge in [-0.1, -0.05) is 41.5 Å². The molecule has 2 heterocycles. The number of nitrogens with one attached hydrogen (secondary N) is 2. The zero-order chi connectivity index (χ0) is 23.7. The second-order valence-electron chi connectivity index (χ2n) is 9.40. The summed E-state index contributed by atoms with van der Waals surface area (Å²) in [6, 6.07) is 15.0. The first kappa shape index (κ1) is 22.7. The fourth-order valence-electron chi connectivity index (χ4n) is 4.91. The van der Waals surface area contributed by atoms with E-state index in [9.17, 15) is 5.11 Å². The number of anilines is 2. The number of aromatic nitrogens is 3. The molecule has 7 heteroatoms. The molecule has 1 aliphatic carbocycles. The Labute approximate surface area is 204 Å². The summed E-state index contributed by atoms with van der Waals surface area (Å²) in [7, 11) is 0. The highest BCUT2D eigenvalue weighted by Gasteiger charge is 2.26. The zero-order valence-electron chi connectivity index (χ0n) is 19.9. The summed E-state index contributed by atoms with van der Waals surface area (Å²) in [6.45, 7) is 7.17. The number of nitrogens with zero attached hydrogens (tertiary/aromatic N) is 3. The van der Waals surface area contributed by atoms with Crippen LogP contribution in [0.15, 0.2) is 42.5 Å². The summed E-state index contributed by atoms with van der Waals surface area (Å²) in [6.07, 6.45) is 3.01. The molecule has 0 spiro atoms. The van der Waals surface area contributed by atoms with Gasteiger partial charge in [-0.2, -0.15) is 4.98 Å². The van der Waals surface area contributed by atoms with Crippen molar-refractivity contribution in [2.24, 2.45) is 5.92 Å². The number of fused-ring (bicyclic) bond motifs is 1. The van der Waals surface area contributed by atoms with E-state index in [1.807, 2.05) is 25.1 Å². The van der Waals surface area contributed by atoms with Crippen LogP contribution >= 0.6 is 11.3 Å². The third kappa shape index (κ3) is 4.91. The number of aryl methyl sites for hydroxylation is 3. The number of aliphatic hydroxyl groups is 1. The number of para-hydroxylation sites is 1. The molecule has 1 fully saturated rings. The lowest BCUT2D eigenvalue weighted by Gasteiger charge is -2.18. The van der Waals surface area contributed by atoms with E-state index in [0.717, 1.165) is 51.6 Å². The van der Waals surface area contributed by atoms with Gasteiger partial charge in [0, 0.05) is 19.2 Å². The second kappa shape index (κ2) is 9.68. The fourth-order valence-corrected chi connectivity index (χ4v) is 5.97. The van der Waals surface area contributed by atoms with Gasteiger partial charge in [-0.15, -0.1) is 11.3 Å². The maximum atomic E-state index is 9.60. The van der Waals surface area contributed by atoms with E-state index in [-0.39, 0.29) is 12.6 Å². The Kier molecular flexibility index (Phi) is 6.48. The van der Waals surface area contributed by atoms with Gasteiger partial charge in [-0.25, -0.2) is 9.97 Å². The Morgan fingerprint density at radius 2 is 1.79 bits per heavy atom. The molecule has 0 bridgehead atoms. The molecule has 2 unspecified atom stereocenters. The van der Waals surface area contributed by atoms with Crippen molar-refractivity contribution in [1.82, 2.24) is 15.0 Å². The quantitative estimate of drug-likeness (QED) is 0.312. The van der Waals surface area contributed by atoms with E-state index in [2.05, 4.69) is 48.7 Å². The minimum absolute atomic E-state index is 0.244. The van der Waals surface area contributed by atoms with Crippen LogP contribution in [0.4, 0.5) is 11.8 Å². The summed E-state index contributed by atoms with van der Waals surface area (Å²) < 4.78 is 1.15. The molecule has 2 aromatic carbocycles. The van der Waals surface area contributed by atoms with Gasteiger partial charge in [0.25, 0.3) is 0 Å². The zero-order valence-corrected chi connectivity index (χ0v) is 20.7. The minimum atomic E-state index is 0.244. The molecule has 0 radical (unpaired) electrons. The van der Waals surface area contributed by atoms with E-state index in [4.69, 9.17) is 15.0 Å². The monoisotopic (exact) mass is 473 g/mol. The van der Waals surface area contributed by atoms with Crippen molar-refractivity contribution < 1.29 is 5.11 Å². The number of hydrogen-bond acceptors (Lipinski definition) is 7. The molecule has 5 rings (SSSR count). The van der Waals surface area contributed by atoms with Crippen molar-refractivity contribution in [2.45, 2.75) is 52.6 Å². The van der Waals surface area contributed by atoms with Gasteiger partial charge in [0.05, 0.1) is 21.5 Å². The van der Waals surface area contributed by atoms with Crippen LogP contribution in [0.2, 0.25) is 0 Å². The van der Waals surface area contributed by atoms with Crippen molar-refractivity contribution in [3.63, 3.8) is 0 Å². The molecular weight excluding hydrogens is 442 g/mol. The predicted octanol–water partition coefficient (Wildman–Crippen LogP) is 5.86. The summed E-state index contributed by atoms with van der Waals surface area (Å²) in [4.78, 5) is 14.6. The molecule has 1 saturated carbocycles. The molecule has 3 N–H and O–H groups in total. The topological polar surface area (TPSA) is 83.0 Å². The Balaban J connectivity index is 1.48. The van der Waals surface area contributed by atoms with Crippen LogP contribution in [0.5, 0.6) is 0 Å². The average molecular weight is 474 g/mol. The molecule has 34 heavy (non-hydrogen) atoms. The maximum Gasteiger partial charge on any atom is 0.225 e. The fraction of sp³-hybridized carbons (Fsp3) is 0.370. The Morgan fingerprint density at radius 1 is 1.00 bits per heavy atom. The van der Waals surface area contributed by atoms with Crippen molar-refractivity contribution >= 4 is 33.3 Å². The lowest BCUT2D eigenvalue weighted by Crippen LogP contribution is -2.19. The van der Waals surface area contributed by atoms with Crippen molar-refractivity contribution in [3.8, 4) is 10.6 Å². The maximum absolute atomic E-state index is 9.60. The van der Waals surface area contributed by atoms with Crippen LogP contribution in [0.25, 0.3) is 20.8 Å². The van der Waals surface area contributed by atoms with E-state index >= 15 is 0 Å². The SMILES string of the molecule is Cc1cc(C)cc(CNc2nc(C)c(-c3nc4ccccc4s3)c(NC3CCC(CO)C3)n2)c1. The summed E-state index contributed by atoms with van der Waals surface area (Å²) in [5, 5.41) is 17.6. The average Bonchev–Trinajstić information content (AvgIpc) is 3.43. The van der Waals surface area contributed by atoms with Crippen molar-refractivity contribution in [2.75, 3.05) is 17.2 Å². The number of thiazole rings is 1. The van der Waals surface area contributed by atoms with E-state index in [0.29, 0.717) is 18.4 Å². The molecule has 0 aliphatic heterocycles. The molecular formula is C27H31N5OS. The van der Waals surface area contributed by atoms with Crippen molar-refractivity contribution in [3.05, 3.63) is 64.8 Å². The van der Waals surface area contributed by atoms with Crippen LogP contribution < -0.4 is 10.6 Å². The highest BCUT2D eigenvalue weighted by Crippen LogP contribution is 2.37. The summed E-state index contributed by atoms with van der Waals surface area (Å²) >= 11 is 1.67. The minimum Gasteiger partial charge on any atom is -0.396 e. The number of aliphatic hydroxyl groups excluding tert-OH is 1. The molecule has 176 valence electrons. The third-order valence-electron chi connectivity index (χ3n) is 6.47. The molecule has 2 aromatic heterocycles. The summed E-state index contributed by atoms with van der Waals surface area (Å²) in [5.41, 5.74) is 6.57. The van der Waals surface area contributed by atoms with E-state index in [1.54, 1.807) is 11.3 Å². The standard InChI is InChI=1S/C27H31N5OS/c1-16-10-17(2)12-20(11-16)14-28-27-29-18(3)24(26-31-22-6-4-5-7-23(22)34-26)25(32-27)30-21-9-8-19(13-21)15-33/h4-7,10-12,19,21,33H,8-9,13-15H2,1-3H3,(H2,28,29,30,32). The highest BCUT2D eigenvalue weighted by atomic mass is 32.1. The van der Waals surface area contributed by atoms with Crippen LogP contribution in [0, 0.1) is 26.7 Å². The number of benzene rings is 2. The van der Waals surface area contributed by atoms with Crippen LogP contribution in [0.1, 0.15) is 41.6 Å². The van der Waals surface area contributed by atoms with E-state index in [1.165, 1.54) is 16.7 Å². The van der Waals surface area contributed by atoms with Crippen molar-refractivity contribution in [1.29, 1.82) is 0 Å². The van der Waals surface area contributed by atoms with Gasteiger partial charge in [-0.3, -0.25) is 0 Å². The van der Waals surface area contributed by atoms with Crippen LogP contribution in [-0.4, -0.2) is 32.7 Å². The summed E-state index contributed by atoms with van der Waals surface area (Å²) in [5.74, 6) is 1.78. The Bertz CT molecular complexity index is 1260. The van der Waals surface area contributed by atoms with Crippen LogP contribution in [-0.2, 0) is 6.54 Å². The van der Waals surface area contributed by atoms with Gasteiger partial charge in [0.15, 0.2) is 0 Å².